The standard InChI is InChI=1S/C64H113O11P/c1-4-7-10-13-16-19-22-25-27-29-30-32-34-37-40-43-46-49-52-55-64(68)75-61(57-71-62(66)53-50-47-44-41-38-35-24-21-18-15-12-9-6-3)59-73-76(69,70)72-58-60(56-65)74-63(67)54-51-48-45-42-39-36-33-31-28-26-23-20-17-14-11-8-5-2/h16-17,19-21,24-28,30,32,60-61,65H,4-15,18,22-23,29,31,33-59H2,1-3H3,(H,69,70)/b19-16-,20-17-,24-21-,27-25-,28-26-,32-30-. The van der Waals surface area contributed by atoms with Gasteiger partial charge in [-0.25, -0.2) is 4.57 Å². The van der Waals surface area contributed by atoms with Gasteiger partial charge in [-0.05, 0) is 116 Å². The highest BCUT2D eigenvalue weighted by molar-refractivity contribution is 7.47. The summed E-state index contributed by atoms with van der Waals surface area (Å²) in [6.45, 7) is 4.57. The predicted molar refractivity (Wildman–Crippen MR) is 316 cm³/mol. The number of phosphoric acid groups is 1. The molecule has 0 aliphatic carbocycles. The van der Waals surface area contributed by atoms with Crippen LogP contribution in [-0.4, -0.2) is 66.5 Å². The molecule has 3 unspecified atom stereocenters. The van der Waals surface area contributed by atoms with E-state index >= 15 is 0 Å². The van der Waals surface area contributed by atoms with Crippen molar-refractivity contribution in [3.8, 4) is 0 Å². The molecule has 12 heteroatoms. The van der Waals surface area contributed by atoms with Crippen LogP contribution in [0.2, 0.25) is 0 Å². The lowest BCUT2D eigenvalue weighted by Gasteiger charge is -2.21. The van der Waals surface area contributed by atoms with Crippen molar-refractivity contribution >= 4 is 25.7 Å². The molecule has 0 aliphatic heterocycles. The second kappa shape index (κ2) is 58.1. The monoisotopic (exact) mass is 1090 g/mol. The van der Waals surface area contributed by atoms with E-state index < -0.39 is 57.8 Å². The summed E-state index contributed by atoms with van der Waals surface area (Å²) in [6.07, 6.45) is 65.6. The number of esters is 3. The van der Waals surface area contributed by atoms with Gasteiger partial charge in [-0.3, -0.25) is 23.4 Å². The third-order valence-corrected chi connectivity index (χ3v) is 14.0. The minimum Gasteiger partial charge on any atom is -0.462 e. The number of ether oxygens (including phenoxy) is 3. The summed E-state index contributed by atoms with van der Waals surface area (Å²) in [4.78, 5) is 48.6. The summed E-state index contributed by atoms with van der Waals surface area (Å²) in [5.74, 6) is -1.49. The van der Waals surface area contributed by atoms with E-state index in [1.54, 1.807) is 0 Å². The van der Waals surface area contributed by atoms with Crippen LogP contribution >= 0.6 is 7.82 Å². The normalized spacial score (nSPS) is 13.8. The van der Waals surface area contributed by atoms with Gasteiger partial charge in [0.2, 0.25) is 0 Å². The predicted octanol–water partition coefficient (Wildman–Crippen LogP) is 18.5. The van der Waals surface area contributed by atoms with Crippen LogP contribution in [0.3, 0.4) is 0 Å². The largest absolute Gasteiger partial charge is 0.472 e. The lowest BCUT2D eigenvalue weighted by atomic mass is 10.1. The number of carbonyl (C=O) groups is 3. The van der Waals surface area contributed by atoms with Crippen LogP contribution in [0.4, 0.5) is 0 Å². The first-order chi connectivity index (χ1) is 37.2. The molecule has 2 N–H and O–H groups in total. The molecule has 440 valence electrons. The quantitative estimate of drug-likeness (QED) is 0.0197. The zero-order valence-electron chi connectivity index (χ0n) is 48.7. The van der Waals surface area contributed by atoms with Crippen molar-refractivity contribution in [3.63, 3.8) is 0 Å². The summed E-state index contributed by atoms with van der Waals surface area (Å²) in [5, 5.41) is 9.84. The minimum absolute atomic E-state index is 0.150. The lowest BCUT2D eigenvalue weighted by molar-refractivity contribution is -0.161. The topological polar surface area (TPSA) is 155 Å². The number of aliphatic hydroxyl groups is 1. The van der Waals surface area contributed by atoms with Gasteiger partial charge < -0.3 is 24.2 Å². The molecule has 0 rings (SSSR count). The van der Waals surface area contributed by atoms with Gasteiger partial charge in [0.1, 0.15) is 12.7 Å². The number of rotatable bonds is 57. The summed E-state index contributed by atoms with van der Waals surface area (Å²) in [5.41, 5.74) is 0. The van der Waals surface area contributed by atoms with E-state index in [-0.39, 0.29) is 25.9 Å². The minimum atomic E-state index is -4.76. The second-order valence-electron chi connectivity index (χ2n) is 20.5. The fourth-order valence-corrected chi connectivity index (χ4v) is 9.11. The maximum Gasteiger partial charge on any atom is 0.472 e. The van der Waals surface area contributed by atoms with Gasteiger partial charge in [-0.2, -0.15) is 0 Å². The second-order valence-corrected chi connectivity index (χ2v) is 22.0. The van der Waals surface area contributed by atoms with Crippen molar-refractivity contribution in [3.05, 3.63) is 72.9 Å². The Hall–Kier alpha value is -3.08. The van der Waals surface area contributed by atoms with Gasteiger partial charge in [-0.15, -0.1) is 0 Å². The average molecular weight is 1090 g/mol. The zero-order chi connectivity index (χ0) is 55.5. The van der Waals surface area contributed by atoms with E-state index in [1.165, 1.54) is 89.9 Å². The highest BCUT2D eigenvalue weighted by Gasteiger charge is 2.28. The number of carbonyl (C=O) groups excluding carboxylic acids is 3. The molecule has 11 nitrogen and oxygen atoms in total. The zero-order valence-corrected chi connectivity index (χ0v) is 49.6. The number of allylic oxidation sites excluding steroid dienone is 12. The van der Waals surface area contributed by atoms with Crippen molar-refractivity contribution in [1.29, 1.82) is 0 Å². The van der Waals surface area contributed by atoms with Crippen molar-refractivity contribution in [1.82, 2.24) is 0 Å². The fourth-order valence-electron chi connectivity index (χ4n) is 8.33. The molecule has 0 bridgehead atoms. The highest BCUT2D eigenvalue weighted by atomic mass is 31.2. The molecule has 0 aliphatic rings. The summed E-state index contributed by atoms with van der Waals surface area (Å²) in [6, 6.07) is 0. The van der Waals surface area contributed by atoms with Crippen LogP contribution < -0.4 is 0 Å². The molecule has 0 aromatic heterocycles. The number of hydrogen-bond donors (Lipinski definition) is 2. The molecular weight excluding hydrogens is 976 g/mol. The van der Waals surface area contributed by atoms with Crippen LogP contribution in [0.1, 0.15) is 278 Å². The average Bonchev–Trinajstić information content (AvgIpc) is 3.41. The molecule has 3 atom stereocenters. The first-order valence-electron chi connectivity index (χ1n) is 30.8. The number of unbranched alkanes of at least 4 members (excludes halogenated alkanes) is 28. The molecule has 0 spiro atoms. The van der Waals surface area contributed by atoms with Crippen LogP contribution in [0.25, 0.3) is 0 Å². The molecule has 0 saturated heterocycles. The fraction of sp³-hybridized carbons (Fsp3) is 0.766. The molecule has 0 amide bonds. The Kier molecular flexibility index (Phi) is 55.7. The third kappa shape index (κ3) is 55.7. The van der Waals surface area contributed by atoms with Crippen molar-refractivity contribution < 1.29 is 52.2 Å². The van der Waals surface area contributed by atoms with Crippen LogP contribution in [0.5, 0.6) is 0 Å². The van der Waals surface area contributed by atoms with Crippen LogP contribution in [0.15, 0.2) is 72.9 Å². The molecule has 0 radical (unpaired) electrons. The highest BCUT2D eigenvalue weighted by Crippen LogP contribution is 2.43. The Labute approximate surface area is 465 Å². The smallest absolute Gasteiger partial charge is 0.462 e. The van der Waals surface area contributed by atoms with Gasteiger partial charge in [0, 0.05) is 19.3 Å². The van der Waals surface area contributed by atoms with Crippen molar-refractivity contribution in [2.75, 3.05) is 26.4 Å². The Morgan fingerprint density at radius 2 is 0.645 bits per heavy atom. The molecule has 76 heavy (non-hydrogen) atoms. The molecule has 0 aromatic rings. The SMILES string of the molecule is CCCCC/C=C\C/C=C\C/C=C\CCCCCCCCC(=O)OC(COC(=O)CCCCCCC/C=C\CCCCCC)COP(=O)(O)OCC(CO)OC(=O)CCCCCCCCC/C=C\C/C=C\CCCCC. The Morgan fingerprint density at radius 1 is 0.368 bits per heavy atom. The maximum absolute atomic E-state index is 12.9. The van der Waals surface area contributed by atoms with E-state index in [0.717, 1.165) is 128 Å². The Bertz CT molecular complexity index is 1550. The van der Waals surface area contributed by atoms with Gasteiger partial charge in [0.25, 0.3) is 0 Å². The Balaban J connectivity index is 4.72. The Morgan fingerprint density at radius 3 is 1.03 bits per heavy atom. The van der Waals surface area contributed by atoms with E-state index in [0.29, 0.717) is 19.3 Å². The summed E-state index contributed by atoms with van der Waals surface area (Å²) >= 11 is 0. The number of phosphoric ester groups is 1. The molecular formula is C64H113O11P. The van der Waals surface area contributed by atoms with Crippen LogP contribution in [-0.2, 0) is 42.2 Å². The lowest BCUT2D eigenvalue weighted by Crippen LogP contribution is -2.30. The van der Waals surface area contributed by atoms with Gasteiger partial charge >= 0.3 is 25.7 Å². The number of hydrogen-bond acceptors (Lipinski definition) is 10. The van der Waals surface area contributed by atoms with E-state index in [9.17, 15) is 28.9 Å². The van der Waals surface area contributed by atoms with Gasteiger partial charge in [-0.1, -0.05) is 216 Å². The number of aliphatic hydroxyl groups excluding tert-OH is 1. The third-order valence-electron chi connectivity index (χ3n) is 13.1. The van der Waals surface area contributed by atoms with E-state index in [2.05, 4.69) is 93.7 Å². The first-order valence-corrected chi connectivity index (χ1v) is 32.3. The summed E-state index contributed by atoms with van der Waals surface area (Å²) < 4.78 is 39.6. The molecule has 0 heterocycles. The molecule has 0 aromatic carbocycles. The van der Waals surface area contributed by atoms with Crippen molar-refractivity contribution in [2.45, 2.75) is 290 Å². The van der Waals surface area contributed by atoms with Crippen LogP contribution in [0, 0.1) is 0 Å². The summed E-state index contributed by atoms with van der Waals surface area (Å²) in [7, 11) is -4.76. The van der Waals surface area contributed by atoms with Gasteiger partial charge in [0.05, 0.1) is 19.8 Å². The van der Waals surface area contributed by atoms with E-state index in [1.807, 2.05) is 0 Å². The molecule has 0 saturated carbocycles. The molecule has 0 fully saturated rings. The maximum atomic E-state index is 12.9. The first kappa shape index (κ1) is 72.9. The van der Waals surface area contributed by atoms with E-state index in [4.69, 9.17) is 23.3 Å². The van der Waals surface area contributed by atoms with Gasteiger partial charge in [0.15, 0.2) is 6.10 Å². The van der Waals surface area contributed by atoms with Crippen molar-refractivity contribution in [2.24, 2.45) is 0 Å².